The van der Waals surface area contributed by atoms with Crippen molar-refractivity contribution < 1.29 is 24.5 Å². The molecule has 9 heteroatoms. The number of aromatic hydroxyl groups is 2. The third kappa shape index (κ3) is 9.28. The smallest absolute Gasteiger partial charge is 0.325 e. The summed E-state index contributed by atoms with van der Waals surface area (Å²) in [6.07, 6.45) is 2.12. The Hall–Kier alpha value is -2.58. The molecule has 0 aliphatic heterocycles. The Kier molecular flexibility index (Phi) is 10.9. The summed E-state index contributed by atoms with van der Waals surface area (Å²) in [4.78, 5) is 15.9. The van der Waals surface area contributed by atoms with Crippen molar-refractivity contribution in [1.29, 1.82) is 0 Å². The number of phenolic OH excluding ortho intramolecular Hbond substituents is 1. The van der Waals surface area contributed by atoms with Crippen LogP contribution in [0.15, 0.2) is 36.5 Å². The van der Waals surface area contributed by atoms with Gasteiger partial charge in [-0.15, -0.1) is 0 Å². The van der Waals surface area contributed by atoms with Crippen LogP contribution in [0.1, 0.15) is 32.9 Å². The van der Waals surface area contributed by atoms with Crippen LogP contribution in [-0.4, -0.2) is 45.9 Å². The van der Waals surface area contributed by atoms with E-state index in [9.17, 15) is 9.90 Å². The number of rotatable bonds is 7. The van der Waals surface area contributed by atoms with Crippen molar-refractivity contribution in [1.82, 2.24) is 10.3 Å². The fourth-order valence-electron chi connectivity index (χ4n) is 2.42. The van der Waals surface area contributed by atoms with Gasteiger partial charge in [0, 0.05) is 17.3 Å². The van der Waals surface area contributed by atoms with Crippen LogP contribution in [0.4, 0.5) is 0 Å². The number of thiocarbonyl (C=S) groups is 1. The number of halogens is 1. The zero-order chi connectivity index (χ0) is 22.7. The zero-order valence-electron chi connectivity index (χ0n) is 17.4. The molecule has 0 aliphatic carbocycles. The SMILES string of the molecule is COc1ccnc(C(=S)NCC(=O)OC(C)CC(C)C)c1O.Oc1ccc(Cl)cc1. The van der Waals surface area contributed by atoms with Crippen molar-refractivity contribution in [3.63, 3.8) is 0 Å². The van der Waals surface area contributed by atoms with Crippen LogP contribution < -0.4 is 10.1 Å². The number of esters is 1. The van der Waals surface area contributed by atoms with Crippen molar-refractivity contribution in [2.75, 3.05) is 13.7 Å². The number of hydrogen-bond acceptors (Lipinski definition) is 7. The number of hydrogen-bond donors (Lipinski definition) is 3. The average Bonchev–Trinajstić information content (AvgIpc) is 2.68. The fourth-order valence-corrected chi connectivity index (χ4v) is 2.77. The maximum Gasteiger partial charge on any atom is 0.325 e. The summed E-state index contributed by atoms with van der Waals surface area (Å²) in [7, 11) is 1.43. The van der Waals surface area contributed by atoms with E-state index >= 15 is 0 Å². The number of carbonyl (C=O) groups excluding carboxylic acids is 1. The minimum absolute atomic E-state index is 0.0837. The van der Waals surface area contributed by atoms with Gasteiger partial charge in [0.25, 0.3) is 0 Å². The largest absolute Gasteiger partial charge is 0.508 e. The first-order valence-corrected chi connectivity index (χ1v) is 10.1. The van der Waals surface area contributed by atoms with Crippen LogP contribution in [-0.2, 0) is 9.53 Å². The van der Waals surface area contributed by atoms with Crippen LogP contribution in [0, 0.1) is 5.92 Å². The highest BCUT2D eigenvalue weighted by Gasteiger charge is 2.16. The van der Waals surface area contributed by atoms with Gasteiger partial charge in [-0.2, -0.15) is 0 Å². The minimum atomic E-state index is -0.405. The van der Waals surface area contributed by atoms with Crippen LogP contribution >= 0.6 is 23.8 Å². The summed E-state index contributed by atoms with van der Waals surface area (Å²) in [6, 6.07) is 7.88. The van der Waals surface area contributed by atoms with Crippen molar-refractivity contribution in [3.05, 3.63) is 47.2 Å². The van der Waals surface area contributed by atoms with Gasteiger partial charge < -0.3 is 25.0 Å². The number of benzene rings is 1. The van der Waals surface area contributed by atoms with Crippen molar-refractivity contribution >= 4 is 34.8 Å². The molecule has 0 fully saturated rings. The number of pyridine rings is 1. The third-order valence-electron chi connectivity index (χ3n) is 3.68. The maximum absolute atomic E-state index is 11.7. The highest BCUT2D eigenvalue weighted by Crippen LogP contribution is 2.27. The predicted molar refractivity (Wildman–Crippen MR) is 120 cm³/mol. The van der Waals surface area contributed by atoms with Gasteiger partial charge in [-0.3, -0.25) is 4.79 Å². The summed E-state index contributed by atoms with van der Waals surface area (Å²) in [5.74, 6) is 0.397. The number of ether oxygens (including phenoxy) is 2. The number of aromatic nitrogens is 1. The summed E-state index contributed by atoms with van der Waals surface area (Å²) in [5.41, 5.74) is 0.164. The van der Waals surface area contributed by atoms with Gasteiger partial charge in [0.15, 0.2) is 11.5 Å². The summed E-state index contributed by atoms with van der Waals surface area (Å²) in [6.45, 7) is 5.90. The average molecular weight is 455 g/mol. The lowest BCUT2D eigenvalue weighted by atomic mass is 10.1. The topological polar surface area (TPSA) is 101 Å². The second kappa shape index (κ2) is 12.9. The van der Waals surface area contributed by atoms with E-state index in [2.05, 4.69) is 24.1 Å². The molecule has 0 spiro atoms. The monoisotopic (exact) mass is 454 g/mol. The standard InChI is InChI=1S/C15H22N2O4S.C6H5ClO/c1-9(2)7-10(3)21-12(18)8-17-15(22)13-14(19)11(20-4)5-6-16-13;7-5-1-3-6(8)4-2-5/h5-6,9-10,19H,7-8H2,1-4H3,(H,17,22);1-4,8H. The van der Waals surface area contributed by atoms with E-state index in [0.29, 0.717) is 10.9 Å². The zero-order valence-corrected chi connectivity index (χ0v) is 19.0. The van der Waals surface area contributed by atoms with E-state index in [4.69, 9.17) is 38.4 Å². The summed E-state index contributed by atoms with van der Waals surface area (Å²) < 4.78 is 10.2. The van der Waals surface area contributed by atoms with Crippen LogP contribution in [0.25, 0.3) is 0 Å². The Morgan fingerprint density at radius 2 is 1.83 bits per heavy atom. The van der Waals surface area contributed by atoms with Gasteiger partial charge in [0.1, 0.15) is 23.0 Å². The first-order chi connectivity index (χ1) is 14.1. The van der Waals surface area contributed by atoms with Crippen molar-refractivity contribution in [2.45, 2.75) is 33.3 Å². The van der Waals surface area contributed by atoms with Gasteiger partial charge in [-0.05, 0) is 43.5 Å². The quantitative estimate of drug-likeness (QED) is 0.425. The molecule has 2 rings (SSSR count). The van der Waals surface area contributed by atoms with E-state index in [1.165, 1.54) is 19.4 Å². The molecule has 1 aromatic heterocycles. The fraction of sp³-hybridized carbons (Fsp3) is 0.381. The normalized spacial score (nSPS) is 11.1. The molecule has 164 valence electrons. The highest BCUT2D eigenvalue weighted by atomic mass is 35.5. The van der Waals surface area contributed by atoms with E-state index < -0.39 is 5.97 Å². The minimum Gasteiger partial charge on any atom is -0.508 e. The molecule has 2 aromatic rings. The Morgan fingerprint density at radius 1 is 1.20 bits per heavy atom. The van der Waals surface area contributed by atoms with Crippen LogP contribution in [0.5, 0.6) is 17.2 Å². The predicted octanol–water partition coefficient (Wildman–Crippen LogP) is 4.08. The third-order valence-corrected chi connectivity index (χ3v) is 4.27. The summed E-state index contributed by atoms with van der Waals surface area (Å²) in [5, 5.41) is 22.0. The lowest BCUT2D eigenvalue weighted by molar-refractivity contribution is -0.147. The second-order valence-corrected chi connectivity index (χ2v) is 7.64. The number of methoxy groups -OCH3 is 1. The van der Waals surface area contributed by atoms with Gasteiger partial charge in [-0.1, -0.05) is 37.7 Å². The second-order valence-electron chi connectivity index (χ2n) is 6.80. The summed E-state index contributed by atoms with van der Waals surface area (Å²) >= 11 is 10.6. The molecule has 0 saturated heterocycles. The Morgan fingerprint density at radius 3 is 2.37 bits per heavy atom. The molecular weight excluding hydrogens is 428 g/mol. The molecule has 1 atom stereocenters. The molecule has 7 nitrogen and oxygen atoms in total. The Balaban J connectivity index is 0.000000467. The van der Waals surface area contributed by atoms with Gasteiger partial charge in [0.2, 0.25) is 0 Å². The molecule has 1 unspecified atom stereocenters. The van der Waals surface area contributed by atoms with Crippen molar-refractivity contribution in [2.24, 2.45) is 5.92 Å². The van der Waals surface area contributed by atoms with Crippen LogP contribution in [0.3, 0.4) is 0 Å². The Labute approximate surface area is 187 Å². The molecule has 0 radical (unpaired) electrons. The molecule has 1 aromatic carbocycles. The molecule has 30 heavy (non-hydrogen) atoms. The van der Waals surface area contributed by atoms with Crippen LogP contribution in [0.2, 0.25) is 5.02 Å². The number of nitrogens with zero attached hydrogens (tertiary/aromatic N) is 1. The van der Waals surface area contributed by atoms with E-state index in [1.54, 1.807) is 24.3 Å². The van der Waals surface area contributed by atoms with Gasteiger partial charge in [0.05, 0.1) is 13.2 Å². The number of nitrogens with one attached hydrogen (secondary N) is 1. The van der Waals surface area contributed by atoms with Gasteiger partial charge in [-0.25, -0.2) is 4.98 Å². The van der Waals surface area contributed by atoms with E-state index in [0.717, 1.165) is 6.42 Å². The van der Waals surface area contributed by atoms with E-state index in [1.807, 2.05) is 6.92 Å². The molecule has 1 heterocycles. The maximum atomic E-state index is 11.7. The molecule has 0 saturated carbocycles. The molecule has 3 N–H and O–H groups in total. The number of carbonyl (C=O) groups is 1. The molecular formula is C21H27ClN2O5S. The molecule has 0 amide bonds. The van der Waals surface area contributed by atoms with E-state index in [-0.39, 0.29) is 40.6 Å². The van der Waals surface area contributed by atoms with Crippen molar-refractivity contribution in [3.8, 4) is 17.2 Å². The lowest BCUT2D eigenvalue weighted by Crippen LogP contribution is -2.32. The number of phenols is 1. The molecule has 0 aliphatic rings. The lowest BCUT2D eigenvalue weighted by Gasteiger charge is -2.16. The first kappa shape index (κ1) is 25.5. The van der Waals surface area contributed by atoms with Gasteiger partial charge >= 0.3 is 5.97 Å². The molecule has 0 bridgehead atoms. The Bertz CT molecular complexity index is 810. The first-order valence-electron chi connectivity index (χ1n) is 9.28. The highest BCUT2D eigenvalue weighted by molar-refractivity contribution is 7.80.